The van der Waals surface area contributed by atoms with Gasteiger partial charge in [-0.25, -0.2) is 13.4 Å². The number of rotatable bonds is 5. The molecule has 0 aliphatic carbocycles. The maximum Gasteiger partial charge on any atom is 0.239 e. The molecule has 0 fully saturated rings. The average Bonchev–Trinajstić information content (AvgIpc) is 3.00. The number of likely N-dealkylation sites (N-methyl/N-ethyl adjacent to an activating group) is 1. The molecule has 0 spiro atoms. The number of pyridine rings is 1. The summed E-state index contributed by atoms with van der Waals surface area (Å²) in [5.74, 6) is -0.402. The van der Waals surface area contributed by atoms with Crippen LogP contribution in [0.25, 0.3) is 16.9 Å². The number of anilines is 1. The van der Waals surface area contributed by atoms with Crippen molar-refractivity contribution in [2.24, 2.45) is 0 Å². The molecule has 1 N–H and O–H groups in total. The van der Waals surface area contributed by atoms with Crippen molar-refractivity contribution >= 4 is 27.3 Å². The van der Waals surface area contributed by atoms with Crippen molar-refractivity contribution in [2.45, 2.75) is 6.92 Å². The second-order valence-electron chi connectivity index (χ2n) is 6.20. The van der Waals surface area contributed by atoms with Crippen LogP contribution in [0.3, 0.4) is 0 Å². The largest absolute Gasteiger partial charge is 0.325 e. The van der Waals surface area contributed by atoms with Crippen molar-refractivity contribution in [1.29, 1.82) is 0 Å². The third-order valence-corrected chi connectivity index (χ3v) is 5.31. The van der Waals surface area contributed by atoms with Crippen LogP contribution in [0.15, 0.2) is 48.8 Å². The number of benzene rings is 1. The highest BCUT2D eigenvalue weighted by molar-refractivity contribution is 7.88. The van der Waals surface area contributed by atoms with Crippen molar-refractivity contribution in [3.05, 3.63) is 54.4 Å². The van der Waals surface area contributed by atoms with Gasteiger partial charge in [0, 0.05) is 30.7 Å². The summed E-state index contributed by atoms with van der Waals surface area (Å²) in [4.78, 5) is 16.7. The first-order valence-electron chi connectivity index (χ1n) is 8.00. The van der Waals surface area contributed by atoms with Crippen LogP contribution in [-0.4, -0.2) is 47.9 Å². The van der Waals surface area contributed by atoms with E-state index in [0.29, 0.717) is 5.69 Å². The summed E-state index contributed by atoms with van der Waals surface area (Å²) in [5, 5.41) is 2.72. The van der Waals surface area contributed by atoms with Crippen LogP contribution in [-0.2, 0) is 14.8 Å². The van der Waals surface area contributed by atoms with Crippen LogP contribution in [0, 0.1) is 6.92 Å². The summed E-state index contributed by atoms with van der Waals surface area (Å²) in [6, 6.07) is 11.3. The fourth-order valence-corrected chi connectivity index (χ4v) is 2.92. The van der Waals surface area contributed by atoms with E-state index in [9.17, 15) is 13.2 Å². The molecule has 2 heterocycles. The van der Waals surface area contributed by atoms with Crippen molar-refractivity contribution in [2.75, 3.05) is 25.2 Å². The summed E-state index contributed by atoms with van der Waals surface area (Å²) in [5.41, 5.74) is 4.20. The quantitative estimate of drug-likeness (QED) is 0.744. The first-order chi connectivity index (χ1) is 12.2. The zero-order valence-electron chi connectivity index (χ0n) is 14.8. The number of amides is 1. The Balaban J connectivity index is 1.81. The van der Waals surface area contributed by atoms with Gasteiger partial charge >= 0.3 is 0 Å². The van der Waals surface area contributed by atoms with E-state index in [1.165, 1.54) is 7.05 Å². The fraction of sp³-hybridized carbons (Fsp3) is 0.222. The van der Waals surface area contributed by atoms with Crippen LogP contribution in [0.2, 0.25) is 0 Å². The predicted molar refractivity (Wildman–Crippen MR) is 101 cm³/mol. The predicted octanol–water partition coefficient (Wildman–Crippen LogP) is 2.14. The van der Waals surface area contributed by atoms with Crippen LogP contribution >= 0.6 is 0 Å². The van der Waals surface area contributed by atoms with E-state index in [-0.39, 0.29) is 6.54 Å². The lowest BCUT2D eigenvalue weighted by molar-refractivity contribution is -0.116. The first-order valence-corrected chi connectivity index (χ1v) is 9.85. The summed E-state index contributed by atoms with van der Waals surface area (Å²) < 4.78 is 25.8. The van der Waals surface area contributed by atoms with Gasteiger partial charge in [-0.15, -0.1) is 0 Å². The van der Waals surface area contributed by atoms with Gasteiger partial charge in [-0.1, -0.05) is 18.2 Å². The van der Waals surface area contributed by atoms with E-state index in [2.05, 4.69) is 10.3 Å². The minimum Gasteiger partial charge on any atom is -0.325 e. The Hall–Kier alpha value is -2.71. The molecule has 7 nitrogen and oxygen atoms in total. The van der Waals surface area contributed by atoms with Gasteiger partial charge in [0.15, 0.2) is 0 Å². The molecule has 0 bridgehead atoms. The molecule has 0 aliphatic rings. The maximum absolute atomic E-state index is 12.1. The Bertz CT molecular complexity index is 1070. The molecule has 3 aromatic rings. The van der Waals surface area contributed by atoms with Gasteiger partial charge in [-0.3, -0.25) is 4.79 Å². The molecule has 0 saturated heterocycles. The molecule has 0 radical (unpaired) electrons. The molecule has 1 aromatic carbocycles. The standard InChI is InChI=1S/C18H20N4O3S/c1-13-6-5-9-22-11-16(20-18(13)22)14-7-4-8-15(10-14)19-17(23)12-21(2)26(3,24)25/h4-11H,12H2,1-3H3,(H,19,23). The van der Waals surface area contributed by atoms with E-state index < -0.39 is 15.9 Å². The van der Waals surface area contributed by atoms with Crippen molar-refractivity contribution in [1.82, 2.24) is 13.7 Å². The summed E-state index contributed by atoms with van der Waals surface area (Å²) in [6.45, 7) is 1.76. The number of imidazole rings is 1. The summed E-state index contributed by atoms with van der Waals surface area (Å²) in [7, 11) is -2.04. The number of sulfonamides is 1. The van der Waals surface area contributed by atoms with Gasteiger partial charge in [0.1, 0.15) is 5.65 Å². The molecule has 26 heavy (non-hydrogen) atoms. The number of nitrogens with zero attached hydrogens (tertiary/aromatic N) is 3. The van der Waals surface area contributed by atoms with E-state index in [1.807, 2.05) is 54.0 Å². The van der Waals surface area contributed by atoms with Crippen molar-refractivity contribution in [3.63, 3.8) is 0 Å². The summed E-state index contributed by atoms with van der Waals surface area (Å²) in [6.07, 6.45) is 4.93. The topological polar surface area (TPSA) is 83.8 Å². The van der Waals surface area contributed by atoms with Crippen LogP contribution in [0.4, 0.5) is 5.69 Å². The highest BCUT2D eigenvalue weighted by Gasteiger charge is 2.15. The minimum atomic E-state index is -3.40. The smallest absolute Gasteiger partial charge is 0.239 e. The number of carbonyl (C=O) groups excluding carboxylic acids is 1. The Morgan fingerprint density at radius 3 is 2.73 bits per heavy atom. The number of hydrogen-bond donors (Lipinski definition) is 1. The molecular formula is C18H20N4O3S. The maximum atomic E-state index is 12.1. The molecule has 136 valence electrons. The fourth-order valence-electron chi connectivity index (χ4n) is 2.57. The Morgan fingerprint density at radius 1 is 1.27 bits per heavy atom. The van der Waals surface area contributed by atoms with Crippen LogP contribution < -0.4 is 5.32 Å². The summed E-state index contributed by atoms with van der Waals surface area (Å²) >= 11 is 0. The molecule has 0 atom stereocenters. The monoisotopic (exact) mass is 372 g/mol. The SMILES string of the molecule is Cc1cccn2cc(-c3cccc(NC(=O)CN(C)S(C)(=O)=O)c3)nc12. The number of aryl methyl sites for hydroxylation is 1. The number of hydrogen-bond acceptors (Lipinski definition) is 4. The first kappa shape index (κ1) is 18.1. The van der Waals surface area contributed by atoms with Crippen LogP contribution in [0.5, 0.6) is 0 Å². The molecule has 0 saturated carbocycles. The molecule has 8 heteroatoms. The van der Waals surface area contributed by atoms with Gasteiger partial charge in [0.2, 0.25) is 15.9 Å². The van der Waals surface area contributed by atoms with Crippen LogP contribution in [0.1, 0.15) is 5.56 Å². The number of nitrogens with one attached hydrogen (secondary N) is 1. The highest BCUT2D eigenvalue weighted by atomic mass is 32.2. The molecule has 0 unspecified atom stereocenters. The van der Waals surface area contributed by atoms with E-state index >= 15 is 0 Å². The van der Waals surface area contributed by atoms with Gasteiger partial charge < -0.3 is 9.72 Å². The Morgan fingerprint density at radius 2 is 2.04 bits per heavy atom. The van der Waals surface area contributed by atoms with Crippen molar-refractivity contribution in [3.8, 4) is 11.3 Å². The van der Waals surface area contributed by atoms with Gasteiger partial charge in [0.05, 0.1) is 18.5 Å². The van der Waals surface area contributed by atoms with Gasteiger partial charge in [-0.05, 0) is 30.7 Å². The third kappa shape index (κ3) is 3.92. The minimum absolute atomic E-state index is 0.239. The molecule has 2 aromatic heterocycles. The van der Waals surface area contributed by atoms with Gasteiger partial charge in [-0.2, -0.15) is 4.31 Å². The Kier molecular flexibility index (Phi) is 4.80. The second-order valence-corrected chi connectivity index (χ2v) is 8.29. The molecular weight excluding hydrogens is 352 g/mol. The van der Waals surface area contributed by atoms with E-state index in [0.717, 1.165) is 33.0 Å². The third-order valence-electron chi connectivity index (χ3n) is 4.05. The number of fused-ring (bicyclic) bond motifs is 1. The van der Waals surface area contributed by atoms with E-state index in [4.69, 9.17) is 0 Å². The van der Waals surface area contributed by atoms with Gasteiger partial charge in [0.25, 0.3) is 0 Å². The van der Waals surface area contributed by atoms with Crippen molar-refractivity contribution < 1.29 is 13.2 Å². The Labute approximate surface area is 152 Å². The highest BCUT2D eigenvalue weighted by Crippen LogP contribution is 2.23. The second kappa shape index (κ2) is 6.89. The molecule has 3 rings (SSSR count). The lowest BCUT2D eigenvalue weighted by Crippen LogP contribution is -2.34. The molecule has 0 aliphatic heterocycles. The lowest BCUT2D eigenvalue weighted by Gasteiger charge is -2.13. The normalized spacial score (nSPS) is 11.8. The number of aromatic nitrogens is 2. The number of carbonyl (C=O) groups is 1. The molecule has 1 amide bonds. The zero-order valence-corrected chi connectivity index (χ0v) is 15.6. The lowest BCUT2D eigenvalue weighted by atomic mass is 10.1. The van der Waals surface area contributed by atoms with E-state index in [1.54, 1.807) is 6.07 Å². The average molecular weight is 372 g/mol. The zero-order chi connectivity index (χ0) is 18.9.